The molecule has 190 valence electrons. The molecule has 3 aromatic rings. The van der Waals surface area contributed by atoms with E-state index in [-0.39, 0.29) is 5.91 Å². The lowest BCUT2D eigenvalue weighted by Gasteiger charge is -2.32. The number of aromatic nitrogens is 2. The van der Waals surface area contributed by atoms with Crippen molar-refractivity contribution in [2.75, 3.05) is 38.5 Å². The molecule has 5 rings (SSSR count). The quantitative estimate of drug-likeness (QED) is 0.325. The Morgan fingerprint density at radius 1 is 1.16 bits per heavy atom. The smallest absolute Gasteiger partial charge is 0.251 e. The maximum absolute atomic E-state index is 11.8. The Kier molecular flexibility index (Phi) is 7.51. The predicted octanol–water partition coefficient (Wildman–Crippen LogP) is 3.64. The number of amidine groups is 1. The average molecular weight is 497 g/mol. The standard InChI is InChI=1S/C28H32N8O/c1-29-24-18-32-17-23(20-3-4-20)26(24)27(36-13-11-31-12-14-36)34-16-19-9-10-33-25(15-19)35-22-7-5-21(6-8-22)28(37)30-2/h5-10,15,17-18,20,31H,1,3-4,11-14,16H2,2H3,(H,30,37)(H,33,35). The average Bonchev–Trinajstić information content (AvgIpc) is 3.80. The van der Waals surface area contributed by atoms with Gasteiger partial charge >= 0.3 is 0 Å². The fourth-order valence-electron chi connectivity index (χ4n) is 4.55. The number of nitrogens with one attached hydrogen (secondary N) is 3. The molecule has 0 bridgehead atoms. The number of carbonyl (C=O) groups is 1. The first-order valence-corrected chi connectivity index (χ1v) is 12.7. The third kappa shape index (κ3) is 5.83. The summed E-state index contributed by atoms with van der Waals surface area (Å²) in [6, 6.07) is 11.3. The van der Waals surface area contributed by atoms with Crippen LogP contribution in [-0.2, 0) is 6.54 Å². The van der Waals surface area contributed by atoms with Crippen LogP contribution in [0.25, 0.3) is 0 Å². The number of carbonyl (C=O) groups excluding carboxylic acids is 1. The molecule has 9 nitrogen and oxygen atoms in total. The molecule has 37 heavy (non-hydrogen) atoms. The lowest BCUT2D eigenvalue weighted by Crippen LogP contribution is -2.47. The Bertz CT molecular complexity index is 1290. The second-order valence-electron chi connectivity index (χ2n) is 9.26. The minimum absolute atomic E-state index is 0.112. The summed E-state index contributed by atoms with van der Waals surface area (Å²) in [7, 11) is 1.62. The zero-order valence-electron chi connectivity index (χ0n) is 21.1. The summed E-state index contributed by atoms with van der Waals surface area (Å²) in [4.78, 5) is 32.5. The third-order valence-corrected chi connectivity index (χ3v) is 6.67. The normalized spacial score (nSPS) is 15.8. The van der Waals surface area contributed by atoms with Gasteiger partial charge in [-0.1, -0.05) is 0 Å². The van der Waals surface area contributed by atoms with Gasteiger partial charge in [0.05, 0.1) is 18.4 Å². The van der Waals surface area contributed by atoms with E-state index in [1.165, 1.54) is 18.4 Å². The van der Waals surface area contributed by atoms with Crippen LogP contribution < -0.4 is 16.0 Å². The maximum atomic E-state index is 11.8. The van der Waals surface area contributed by atoms with Gasteiger partial charge in [-0.2, -0.15) is 0 Å². The van der Waals surface area contributed by atoms with Crippen molar-refractivity contribution in [2.45, 2.75) is 25.3 Å². The summed E-state index contributed by atoms with van der Waals surface area (Å²) in [5.41, 5.74) is 5.59. The first-order chi connectivity index (χ1) is 18.2. The Morgan fingerprint density at radius 2 is 1.95 bits per heavy atom. The number of aliphatic imine (C=N–C) groups is 2. The van der Waals surface area contributed by atoms with Crippen LogP contribution >= 0.6 is 0 Å². The second kappa shape index (κ2) is 11.3. The lowest BCUT2D eigenvalue weighted by molar-refractivity contribution is 0.0963. The fourth-order valence-corrected chi connectivity index (χ4v) is 4.55. The van der Waals surface area contributed by atoms with E-state index in [9.17, 15) is 4.79 Å². The minimum Gasteiger partial charge on any atom is -0.355 e. The van der Waals surface area contributed by atoms with Crippen LogP contribution in [0, 0.1) is 0 Å². The molecule has 2 fully saturated rings. The Hall–Kier alpha value is -4.11. The number of hydrogen-bond donors (Lipinski definition) is 3. The SMILES string of the molecule is C=Nc1cncc(C2CC2)c1C(=NCc1ccnc(Nc2ccc(C(=O)NC)cc2)c1)N1CCNCC1. The van der Waals surface area contributed by atoms with Crippen LogP contribution in [0.2, 0.25) is 0 Å². The van der Waals surface area contributed by atoms with Gasteiger partial charge in [0.1, 0.15) is 11.7 Å². The van der Waals surface area contributed by atoms with E-state index < -0.39 is 0 Å². The molecule has 3 heterocycles. The third-order valence-electron chi connectivity index (χ3n) is 6.67. The molecule has 1 saturated heterocycles. The molecule has 1 aliphatic carbocycles. The van der Waals surface area contributed by atoms with Crippen LogP contribution in [0.3, 0.4) is 0 Å². The molecule has 1 saturated carbocycles. The monoisotopic (exact) mass is 496 g/mol. The van der Waals surface area contributed by atoms with Crippen molar-refractivity contribution in [3.8, 4) is 0 Å². The van der Waals surface area contributed by atoms with Crippen molar-refractivity contribution in [2.24, 2.45) is 9.98 Å². The van der Waals surface area contributed by atoms with Gasteiger partial charge in [0.2, 0.25) is 0 Å². The molecule has 9 heteroatoms. The van der Waals surface area contributed by atoms with E-state index >= 15 is 0 Å². The summed E-state index contributed by atoms with van der Waals surface area (Å²) in [5.74, 6) is 2.09. The van der Waals surface area contributed by atoms with Gasteiger partial charge in [0, 0.05) is 62.4 Å². The van der Waals surface area contributed by atoms with E-state index in [2.05, 4.69) is 42.5 Å². The molecule has 0 atom stereocenters. The summed E-state index contributed by atoms with van der Waals surface area (Å²) in [5, 5.41) is 9.39. The highest BCUT2D eigenvalue weighted by Gasteiger charge is 2.31. The zero-order valence-corrected chi connectivity index (χ0v) is 21.1. The largest absolute Gasteiger partial charge is 0.355 e. The van der Waals surface area contributed by atoms with Crippen molar-refractivity contribution < 1.29 is 4.79 Å². The minimum atomic E-state index is -0.112. The summed E-state index contributed by atoms with van der Waals surface area (Å²) in [6.45, 7) is 7.93. The number of pyridine rings is 2. The van der Waals surface area contributed by atoms with Crippen LogP contribution in [0.15, 0.2) is 65.0 Å². The van der Waals surface area contributed by atoms with E-state index in [1.807, 2.05) is 30.5 Å². The number of anilines is 2. The number of rotatable bonds is 8. The fraction of sp³-hybridized carbons (Fsp3) is 0.321. The molecule has 0 spiro atoms. The highest BCUT2D eigenvalue weighted by atomic mass is 16.1. The molecular formula is C28H32N8O. The lowest BCUT2D eigenvalue weighted by atomic mass is 10.0. The first-order valence-electron chi connectivity index (χ1n) is 12.7. The Labute approximate surface area is 217 Å². The summed E-state index contributed by atoms with van der Waals surface area (Å²) >= 11 is 0. The van der Waals surface area contributed by atoms with Crippen LogP contribution in [0.4, 0.5) is 17.2 Å². The van der Waals surface area contributed by atoms with E-state index in [0.717, 1.165) is 60.3 Å². The molecule has 1 amide bonds. The van der Waals surface area contributed by atoms with E-state index in [0.29, 0.717) is 18.0 Å². The summed E-state index contributed by atoms with van der Waals surface area (Å²) < 4.78 is 0. The van der Waals surface area contributed by atoms with Gasteiger partial charge in [-0.05, 0) is 73.0 Å². The second-order valence-corrected chi connectivity index (χ2v) is 9.26. The van der Waals surface area contributed by atoms with Gasteiger partial charge in [0.15, 0.2) is 0 Å². The number of hydrogen-bond acceptors (Lipinski definition) is 7. The van der Waals surface area contributed by atoms with Crippen LogP contribution in [0.5, 0.6) is 0 Å². The highest BCUT2D eigenvalue weighted by molar-refractivity contribution is 6.04. The molecule has 2 aromatic heterocycles. The molecular weight excluding hydrogens is 464 g/mol. The molecule has 0 unspecified atom stereocenters. The van der Waals surface area contributed by atoms with Crippen LogP contribution in [-0.4, -0.2) is 66.6 Å². The van der Waals surface area contributed by atoms with Crippen molar-refractivity contribution in [1.29, 1.82) is 0 Å². The number of nitrogens with zero attached hydrogens (tertiary/aromatic N) is 5. The first kappa shape index (κ1) is 24.6. The molecule has 1 aliphatic heterocycles. The maximum Gasteiger partial charge on any atom is 0.251 e. The van der Waals surface area contributed by atoms with Crippen molar-refractivity contribution >= 4 is 35.7 Å². The zero-order chi connectivity index (χ0) is 25.6. The van der Waals surface area contributed by atoms with E-state index in [4.69, 9.17) is 4.99 Å². The topological polar surface area (TPSA) is 107 Å². The number of piperazine rings is 1. The summed E-state index contributed by atoms with van der Waals surface area (Å²) in [6.07, 6.45) is 7.90. The van der Waals surface area contributed by atoms with Crippen molar-refractivity contribution in [3.05, 3.63) is 77.2 Å². The molecule has 0 radical (unpaired) electrons. The van der Waals surface area contributed by atoms with Crippen molar-refractivity contribution in [1.82, 2.24) is 25.5 Å². The molecule has 1 aromatic carbocycles. The van der Waals surface area contributed by atoms with Crippen LogP contribution in [0.1, 0.15) is 45.8 Å². The Balaban J connectivity index is 1.41. The van der Waals surface area contributed by atoms with E-state index in [1.54, 1.807) is 31.6 Å². The molecule has 2 aliphatic rings. The molecule has 3 N–H and O–H groups in total. The van der Waals surface area contributed by atoms with Gasteiger partial charge < -0.3 is 20.9 Å². The number of amides is 1. The van der Waals surface area contributed by atoms with Gasteiger partial charge in [0.25, 0.3) is 5.91 Å². The van der Waals surface area contributed by atoms with Gasteiger partial charge in [-0.15, -0.1) is 0 Å². The highest BCUT2D eigenvalue weighted by Crippen LogP contribution is 2.43. The van der Waals surface area contributed by atoms with Gasteiger partial charge in [-0.25, -0.2) is 4.98 Å². The van der Waals surface area contributed by atoms with Gasteiger partial charge in [-0.3, -0.25) is 19.8 Å². The Morgan fingerprint density at radius 3 is 2.65 bits per heavy atom. The predicted molar refractivity (Wildman–Crippen MR) is 147 cm³/mol. The van der Waals surface area contributed by atoms with Crippen molar-refractivity contribution in [3.63, 3.8) is 0 Å². The number of benzene rings is 1.